The summed E-state index contributed by atoms with van der Waals surface area (Å²) < 4.78 is 8.20. The van der Waals surface area contributed by atoms with Gasteiger partial charge in [-0.2, -0.15) is 0 Å². The van der Waals surface area contributed by atoms with Gasteiger partial charge in [0.1, 0.15) is 0 Å². The number of rotatable bonds is 4. The third kappa shape index (κ3) is 4.43. The molecule has 0 bridgehead atoms. The molecular formula is C48H32GeN2. The minimum atomic E-state index is -0.380. The van der Waals surface area contributed by atoms with Gasteiger partial charge in [-0.1, -0.05) is 54.6 Å². The van der Waals surface area contributed by atoms with Crippen LogP contribution in [0.25, 0.3) is 82.8 Å². The van der Waals surface area contributed by atoms with Gasteiger partial charge in [-0.25, -0.2) is 0 Å². The predicted octanol–water partition coefficient (Wildman–Crippen LogP) is 11.6. The Balaban J connectivity index is 1.05. The standard InChI is InChI=1S/C48H32GeN2/c1-2-11-31(12-3-1)32-21-25-35(26-22-32)50-43-18-8-5-14-37(43)40-29-33(23-27-45(40)50)34-24-28-46-41(30-34)38-15-6-9-19-44(38)51(46)47-20-10-16-39-36-13-4-7-17-42(36)49-48(39)47/h1-9,11-19,21-30H,10,20H2. The minimum absolute atomic E-state index is 0.380. The fraction of sp³-hybridized carbons (Fsp3) is 0.0417. The topological polar surface area (TPSA) is 9.86 Å². The molecule has 0 atom stereocenters. The fourth-order valence-corrected chi connectivity index (χ4v) is 11.9. The summed E-state index contributed by atoms with van der Waals surface area (Å²) >= 11 is -0.380. The third-order valence-corrected chi connectivity index (χ3v) is 14.1. The van der Waals surface area contributed by atoms with Crippen molar-refractivity contribution >= 4 is 74.7 Å². The van der Waals surface area contributed by atoms with E-state index >= 15 is 0 Å². The zero-order valence-corrected chi connectivity index (χ0v) is 30.1. The molecule has 1 aliphatic heterocycles. The second-order valence-corrected chi connectivity index (χ2v) is 16.4. The average molecular weight is 709 g/mol. The van der Waals surface area contributed by atoms with Crippen molar-refractivity contribution in [1.29, 1.82) is 0 Å². The first kappa shape index (κ1) is 28.9. The van der Waals surface area contributed by atoms with Crippen molar-refractivity contribution in [3.05, 3.63) is 180 Å². The Morgan fingerprint density at radius 1 is 0.431 bits per heavy atom. The quantitative estimate of drug-likeness (QED) is 0.161. The Labute approximate surface area is 303 Å². The molecule has 2 aliphatic rings. The molecule has 1 aliphatic carbocycles. The summed E-state index contributed by atoms with van der Waals surface area (Å²) in [7, 11) is 0. The number of para-hydroxylation sites is 2. The number of allylic oxidation sites excluding steroid dienone is 4. The fourth-order valence-electron chi connectivity index (χ4n) is 8.61. The summed E-state index contributed by atoms with van der Waals surface area (Å²) in [5.74, 6) is 0. The first-order valence-electron chi connectivity index (χ1n) is 17.8. The molecule has 2 nitrogen and oxygen atoms in total. The van der Waals surface area contributed by atoms with Crippen molar-refractivity contribution in [2.24, 2.45) is 0 Å². The maximum absolute atomic E-state index is 2.60. The summed E-state index contributed by atoms with van der Waals surface area (Å²) in [5.41, 5.74) is 15.7. The molecule has 9 aromatic rings. The zero-order chi connectivity index (χ0) is 33.5. The molecule has 51 heavy (non-hydrogen) atoms. The molecule has 0 N–H and O–H groups in total. The van der Waals surface area contributed by atoms with Crippen LogP contribution in [-0.2, 0) is 0 Å². The summed E-state index contributed by atoms with van der Waals surface area (Å²) in [4.78, 5) is 0. The van der Waals surface area contributed by atoms with Gasteiger partial charge in [0.05, 0.1) is 0 Å². The van der Waals surface area contributed by atoms with Crippen LogP contribution < -0.4 is 4.40 Å². The third-order valence-electron chi connectivity index (χ3n) is 10.9. The van der Waals surface area contributed by atoms with Crippen LogP contribution in [0.4, 0.5) is 0 Å². The van der Waals surface area contributed by atoms with E-state index in [2.05, 4.69) is 179 Å². The number of aromatic nitrogens is 2. The second kappa shape index (κ2) is 11.3. The molecule has 3 heterocycles. The number of hydrogen-bond acceptors (Lipinski definition) is 0. The van der Waals surface area contributed by atoms with Crippen LogP contribution >= 0.6 is 0 Å². The van der Waals surface area contributed by atoms with Crippen molar-refractivity contribution in [2.75, 3.05) is 0 Å². The summed E-state index contributed by atoms with van der Waals surface area (Å²) in [6, 6.07) is 60.7. The predicted molar refractivity (Wildman–Crippen MR) is 217 cm³/mol. The Morgan fingerprint density at radius 2 is 0.980 bits per heavy atom. The molecular weight excluding hydrogens is 677 g/mol. The van der Waals surface area contributed by atoms with Gasteiger partial charge < -0.3 is 0 Å². The van der Waals surface area contributed by atoms with Gasteiger partial charge in [0.25, 0.3) is 0 Å². The normalized spacial score (nSPS) is 14.1. The van der Waals surface area contributed by atoms with E-state index in [0.717, 1.165) is 12.8 Å². The van der Waals surface area contributed by atoms with Gasteiger partial charge in [-0.3, -0.25) is 0 Å². The Hall–Kier alpha value is -5.84. The van der Waals surface area contributed by atoms with Crippen LogP contribution in [0.1, 0.15) is 18.4 Å². The van der Waals surface area contributed by atoms with Crippen molar-refractivity contribution in [3.8, 4) is 27.9 Å². The SMILES string of the molecule is C1=C2[C](=C(n3c4ccccc4c4cc(-c5ccc6c(c5)c5ccccc5n6-c5ccc(-c6ccccc6)cc5)ccc43)CC1)[Ge][c]1ccccc12. The number of benzene rings is 7. The molecule has 0 amide bonds. The van der Waals surface area contributed by atoms with Crippen LogP contribution in [0, 0.1) is 0 Å². The van der Waals surface area contributed by atoms with Gasteiger partial charge in [-0.15, -0.1) is 0 Å². The van der Waals surface area contributed by atoms with E-state index in [1.807, 2.05) is 0 Å². The number of hydrogen-bond donors (Lipinski definition) is 0. The molecule has 11 rings (SSSR count). The molecule has 0 saturated carbocycles. The van der Waals surface area contributed by atoms with Crippen LogP contribution in [0.2, 0.25) is 0 Å². The maximum atomic E-state index is 2.60. The van der Waals surface area contributed by atoms with E-state index in [9.17, 15) is 0 Å². The molecule has 7 aromatic carbocycles. The molecule has 2 aromatic heterocycles. The molecule has 0 unspecified atom stereocenters. The van der Waals surface area contributed by atoms with E-state index in [1.165, 1.54) is 88.4 Å². The van der Waals surface area contributed by atoms with Gasteiger partial charge in [0.15, 0.2) is 0 Å². The molecule has 238 valence electrons. The van der Waals surface area contributed by atoms with Crippen LogP contribution in [0.15, 0.2) is 174 Å². The first-order valence-corrected chi connectivity index (χ1v) is 19.9. The zero-order valence-electron chi connectivity index (χ0n) is 28.0. The number of nitrogens with zero attached hydrogens (tertiary/aromatic N) is 2. The first-order chi connectivity index (χ1) is 25.3. The van der Waals surface area contributed by atoms with E-state index in [1.54, 1.807) is 8.80 Å². The van der Waals surface area contributed by atoms with Crippen molar-refractivity contribution in [2.45, 2.75) is 12.8 Å². The average Bonchev–Trinajstić information content (AvgIpc) is 3.86. The van der Waals surface area contributed by atoms with Gasteiger partial charge in [-0.05, 0) is 29.3 Å². The molecule has 0 spiro atoms. The monoisotopic (exact) mass is 710 g/mol. The Morgan fingerprint density at radius 3 is 1.71 bits per heavy atom. The van der Waals surface area contributed by atoms with Gasteiger partial charge in [0.2, 0.25) is 0 Å². The molecule has 0 saturated heterocycles. The second-order valence-electron chi connectivity index (χ2n) is 13.7. The van der Waals surface area contributed by atoms with Crippen molar-refractivity contribution in [3.63, 3.8) is 0 Å². The van der Waals surface area contributed by atoms with Crippen molar-refractivity contribution in [1.82, 2.24) is 9.13 Å². The van der Waals surface area contributed by atoms with Crippen molar-refractivity contribution < 1.29 is 0 Å². The Kier molecular flexibility index (Phi) is 6.44. The van der Waals surface area contributed by atoms with E-state index < -0.39 is 0 Å². The van der Waals surface area contributed by atoms with E-state index in [-0.39, 0.29) is 15.4 Å². The van der Waals surface area contributed by atoms with Gasteiger partial charge >= 0.3 is 215 Å². The Bertz CT molecular complexity index is 2920. The molecule has 0 fully saturated rings. The van der Waals surface area contributed by atoms with E-state index in [0.29, 0.717) is 0 Å². The van der Waals surface area contributed by atoms with Crippen LogP contribution in [0.5, 0.6) is 0 Å². The van der Waals surface area contributed by atoms with Gasteiger partial charge in [0, 0.05) is 5.69 Å². The van der Waals surface area contributed by atoms with E-state index in [4.69, 9.17) is 0 Å². The summed E-state index contributed by atoms with van der Waals surface area (Å²) in [5, 5.41) is 5.20. The summed E-state index contributed by atoms with van der Waals surface area (Å²) in [6.45, 7) is 0. The number of fused-ring (bicyclic) bond motifs is 9. The molecule has 3 heteroatoms. The molecule has 2 radical (unpaired) electrons. The van der Waals surface area contributed by atoms with Crippen LogP contribution in [0.3, 0.4) is 0 Å². The summed E-state index contributed by atoms with van der Waals surface area (Å²) in [6.07, 6.45) is 4.67. The van der Waals surface area contributed by atoms with Crippen LogP contribution in [-0.4, -0.2) is 24.6 Å².